The highest BCUT2D eigenvalue weighted by atomic mass is 16.5. The lowest BCUT2D eigenvalue weighted by molar-refractivity contribution is 0.277. The van der Waals surface area contributed by atoms with Gasteiger partial charge in [0.2, 0.25) is 5.95 Å². The molecule has 0 aliphatic carbocycles. The summed E-state index contributed by atoms with van der Waals surface area (Å²) < 4.78 is 5.50. The Bertz CT molecular complexity index is 517. The van der Waals surface area contributed by atoms with Gasteiger partial charge in [-0.25, -0.2) is 9.97 Å². The number of hydrogen-bond acceptors (Lipinski definition) is 5. The smallest absolute Gasteiger partial charge is 0.227 e. The summed E-state index contributed by atoms with van der Waals surface area (Å²) in [6.07, 6.45) is 1.60. The minimum absolute atomic E-state index is 0.107. The summed E-state index contributed by atoms with van der Waals surface area (Å²) >= 11 is 0. The second-order valence-electron chi connectivity index (χ2n) is 3.58. The number of benzene rings is 1. The van der Waals surface area contributed by atoms with Crippen molar-refractivity contribution in [3.05, 3.63) is 42.2 Å². The third-order valence-electron chi connectivity index (χ3n) is 2.31. The minimum atomic E-state index is -0.107. The summed E-state index contributed by atoms with van der Waals surface area (Å²) in [5, 5.41) is 12.1. The Morgan fingerprint density at radius 2 is 2.11 bits per heavy atom. The molecule has 0 fully saturated rings. The number of aromatic nitrogens is 2. The Kier molecular flexibility index (Phi) is 4.09. The van der Waals surface area contributed by atoms with E-state index in [-0.39, 0.29) is 6.61 Å². The van der Waals surface area contributed by atoms with Gasteiger partial charge in [0.15, 0.2) is 0 Å². The second kappa shape index (κ2) is 5.97. The molecular formula is C13H15N3O2. The van der Waals surface area contributed by atoms with E-state index in [1.807, 2.05) is 31.2 Å². The fraction of sp³-hybridized carbons (Fsp3) is 0.231. The van der Waals surface area contributed by atoms with E-state index in [1.54, 1.807) is 12.3 Å². The standard InChI is InChI=1S/C13H15N3O2/c1-2-18-12-6-4-3-5-11(12)16-13-14-8-7-10(9-17)15-13/h3-8,17H,2,9H2,1H3,(H,14,15,16). The van der Waals surface area contributed by atoms with Crippen molar-refractivity contribution in [1.29, 1.82) is 0 Å². The molecular weight excluding hydrogens is 230 g/mol. The number of nitrogens with one attached hydrogen (secondary N) is 1. The van der Waals surface area contributed by atoms with Gasteiger partial charge in [0, 0.05) is 6.20 Å². The topological polar surface area (TPSA) is 67.3 Å². The van der Waals surface area contributed by atoms with E-state index >= 15 is 0 Å². The van der Waals surface area contributed by atoms with Crippen molar-refractivity contribution in [3.8, 4) is 5.75 Å². The van der Waals surface area contributed by atoms with Crippen LogP contribution >= 0.6 is 0 Å². The van der Waals surface area contributed by atoms with Crippen LogP contribution in [-0.2, 0) is 6.61 Å². The van der Waals surface area contributed by atoms with Crippen LogP contribution in [0.25, 0.3) is 0 Å². The predicted octanol–water partition coefficient (Wildman–Crippen LogP) is 2.11. The number of nitrogens with zero attached hydrogens (tertiary/aromatic N) is 2. The summed E-state index contributed by atoms with van der Waals surface area (Å²) in [5.74, 6) is 1.19. The van der Waals surface area contributed by atoms with E-state index in [1.165, 1.54) is 0 Å². The van der Waals surface area contributed by atoms with Gasteiger partial charge in [-0.05, 0) is 25.1 Å². The molecule has 0 saturated carbocycles. The van der Waals surface area contributed by atoms with Crippen LogP contribution in [0, 0.1) is 0 Å². The van der Waals surface area contributed by atoms with Gasteiger partial charge in [0.25, 0.3) is 0 Å². The number of anilines is 2. The largest absolute Gasteiger partial charge is 0.492 e. The maximum Gasteiger partial charge on any atom is 0.227 e. The number of hydrogen-bond donors (Lipinski definition) is 2. The summed E-state index contributed by atoms with van der Waals surface area (Å²) in [6, 6.07) is 9.24. The molecule has 0 saturated heterocycles. The lowest BCUT2D eigenvalue weighted by Crippen LogP contribution is -2.02. The number of aliphatic hydroxyl groups is 1. The van der Waals surface area contributed by atoms with E-state index in [0.29, 0.717) is 18.2 Å². The molecule has 0 aliphatic rings. The van der Waals surface area contributed by atoms with Crippen molar-refractivity contribution in [2.45, 2.75) is 13.5 Å². The zero-order chi connectivity index (χ0) is 12.8. The number of aliphatic hydroxyl groups excluding tert-OH is 1. The molecule has 2 rings (SSSR count). The third-order valence-corrected chi connectivity index (χ3v) is 2.31. The van der Waals surface area contributed by atoms with Gasteiger partial charge in [-0.15, -0.1) is 0 Å². The molecule has 0 unspecified atom stereocenters. The molecule has 0 atom stereocenters. The monoisotopic (exact) mass is 245 g/mol. The Labute approximate surface area is 105 Å². The van der Waals surface area contributed by atoms with Crippen LogP contribution in [0.15, 0.2) is 36.5 Å². The predicted molar refractivity (Wildman–Crippen MR) is 68.8 cm³/mol. The summed E-state index contributed by atoms with van der Waals surface area (Å²) in [6.45, 7) is 2.42. The highest BCUT2D eigenvalue weighted by Crippen LogP contribution is 2.25. The van der Waals surface area contributed by atoms with Crippen molar-refractivity contribution < 1.29 is 9.84 Å². The third kappa shape index (κ3) is 2.95. The molecule has 0 aliphatic heterocycles. The van der Waals surface area contributed by atoms with Gasteiger partial charge in [0.05, 0.1) is 24.6 Å². The van der Waals surface area contributed by atoms with Gasteiger partial charge in [-0.1, -0.05) is 12.1 Å². The molecule has 18 heavy (non-hydrogen) atoms. The summed E-state index contributed by atoms with van der Waals surface area (Å²) in [5.41, 5.74) is 1.37. The fourth-order valence-electron chi connectivity index (χ4n) is 1.52. The first-order valence-corrected chi connectivity index (χ1v) is 5.75. The average Bonchev–Trinajstić information content (AvgIpc) is 2.41. The van der Waals surface area contributed by atoms with Gasteiger partial charge < -0.3 is 15.2 Å². The zero-order valence-corrected chi connectivity index (χ0v) is 10.1. The fourth-order valence-corrected chi connectivity index (χ4v) is 1.52. The molecule has 1 aromatic carbocycles. The average molecular weight is 245 g/mol. The molecule has 2 N–H and O–H groups in total. The normalized spacial score (nSPS) is 10.1. The Morgan fingerprint density at radius 3 is 2.89 bits per heavy atom. The van der Waals surface area contributed by atoms with Gasteiger partial charge in [-0.3, -0.25) is 0 Å². The number of rotatable bonds is 5. The lowest BCUT2D eigenvalue weighted by atomic mass is 10.3. The van der Waals surface area contributed by atoms with E-state index in [4.69, 9.17) is 9.84 Å². The quantitative estimate of drug-likeness (QED) is 0.844. The van der Waals surface area contributed by atoms with Gasteiger partial charge in [0.1, 0.15) is 5.75 Å². The SMILES string of the molecule is CCOc1ccccc1Nc1nccc(CO)n1. The van der Waals surface area contributed by atoms with Gasteiger partial charge in [-0.2, -0.15) is 0 Å². The number of para-hydroxylation sites is 2. The van der Waals surface area contributed by atoms with Crippen LogP contribution in [0.1, 0.15) is 12.6 Å². The molecule has 2 aromatic rings. The van der Waals surface area contributed by atoms with Crippen molar-refractivity contribution >= 4 is 11.6 Å². The molecule has 94 valence electrons. The molecule has 1 aromatic heterocycles. The molecule has 5 nitrogen and oxygen atoms in total. The van der Waals surface area contributed by atoms with Crippen molar-refractivity contribution in [3.63, 3.8) is 0 Å². The van der Waals surface area contributed by atoms with E-state index in [9.17, 15) is 0 Å². The summed E-state index contributed by atoms with van der Waals surface area (Å²) in [7, 11) is 0. The maximum absolute atomic E-state index is 9.02. The zero-order valence-electron chi connectivity index (χ0n) is 10.1. The van der Waals surface area contributed by atoms with Crippen molar-refractivity contribution in [1.82, 2.24) is 9.97 Å². The van der Waals surface area contributed by atoms with Crippen LogP contribution in [0.2, 0.25) is 0 Å². The first kappa shape index (κ1) is 12.3. The first-order valence-electron chi connectivity index (χ1n) is 5.75. The molecule has 1 heterocycles. The van der Waals surface area contributed by atoms with Gasteiger partial charge >= 0.3 is 0 Å². The number of ether oxygens (including phenoxy) is 1. The van der Waals surface area contributed by atoms with E-state index in [0.717, 1.165) is 11.4 Å². The maximum atomic E-state index is 9.02. The van der Waals surface area contributed by atoms with Crippen molar-refractivity contribution in [2.75, 3.05) is 11.9 Å². The van der Waals surface area contributed by atoms with Crippen LogP contribution in [0.5, 0.6) is 5.75 Å². The van der Waals surface area contributed by atoms with E-state index < -0.39 is 0 Å². The Balaban J connectivity index is 2.22. The van der Waals surface area contributed by atoms with E-state index in [2.05, 4.69) is 15.3 Å². The van der Waals surface area contributed by atoms with Crippen LogP contribution in [-0.4, -0.2) is 21.7 Å². The first-order chi connectivity index (χ1) is 8.83. The van der Waals surface area contributed by atoms with Crippen LogP contribution < -0.4 is 10.1 Å². The van der Waals surface area contributed by atoms with Crippen LogP contribution in [0.3, 0.4) is 0 Å². The van der Waals surface area contributed by atoms with Crippen LogP contribution in [0.4, 0.5) is 11.6 Å². The summed E-state index contributed by atoms with van der Waals surface area (Å²) in [4.78, 5) is 8.25. The molecule has 0 amide bonds. The minimum Gasteiger partial charge on any atom is -0.492 e. The highest BCUT2D eigenvalue weighted by Gasteiger charge is 2.04. The molecule has 0 radical (unpaired) electrons. The molecule has 0 bridgehead atoms. The molecule has 0 spiro atoms. The molecule has 5 heteroatoms. The Morgan fingerprint density at radius 1 is 1.28 bits per heavy atom. The van der Waals surface area contributed by atoms with Crippen molar-refractivity contribution in [2.24, 2.45) is 0 Å². The highest BCUT2D eigenvalue weighted by molar-refractivity contribution is 5.62. The lowest BCUT2D eigenvalue weighted by Gasteiger charge is -2.11. The second-order valence-corrected chi connectivity index (χ2v) is 3.58. The Hall–Kier alpha value is -2.14.